The van der Waals surface area contributed by atoms with Crippen LogP contribution in [0.5, 0.6) is 0 Å². The lowest BCUT2D eigenvalue weighted by Crippen LogP contribution is -2.60. The molecule has 0 spiro atoms. The molecular weight excluding hydrogens is 1490 g/mol. The van der Waals surface area contributed by atoms with Crippen molar-refractivity contribution in [1.82, 2.24) is 58.5 Å². The number of amides is 12. The molecule has 0 saturated carbocycles. The highest BCUT2D eigenvalue weighted by atomic mass is 32.2. The number of nitrogens with one attached hydrogen (secondary N) is 11. The van der Waals surface area contributed by atoms with E-state index in [1.807, 2.05) is 6.26 Å². The summed E-state index contributed by atoms with van der Waals surface area (Å²) in [6, 6.07) is -14.6. The van der Waals surface area contributed by atoms with E-state index in [0.717, 1.165) is 0 Å². The van der Waals surface area contributed by atoms with Crippen molar-refractivity contribution in [1.29, 1.82) is 0 Å². The maximum absolute atomic E-state index is 14.9. The summed E-state index contributed by atoms with van der Waals surface area (Å²) in [5.74, 6) is -13.2. The summed E-state index contributed by atoms with van der Waals surface area (Å²) in [4.78, 5) is 200. The highest BCUT2D eigenvalue weighted by Gasteiger charge is 2.36. The second-order valence-electron chi connectivity index (χ2n) is 25.1. The van der Waals surface area contributed by atoms with Gasteiger partial charge >= 0.3 is 0 Å². The molecule has 45 N–H and O–H groups in total. The Morgan fingerprint density at radius 1 is 0.288 bits per heavy atom. The summed E-state index contributed by atoms with van der Waals surface area (Å²) in [6.07, 6.45) is 0.435. The maximum Gasteiger partial charge on any atom is 0.243 e. The van der Waals surface area contributed by atoms with Crippen LogP contribution in [0.4, 0.5) is 0 Å². The number of aliphatic imine (C=N–C) groups is 8. The zero-order valence-corrected chi connectivity index (χ0v) is 64.8. The first-order valence-electron chi connectivity index (χ1n) is 35.4. The minimum absolute atomic E-state index is 0.00101. The third-order valence-corrected chi connectivity index (χ3v) is 16.7. The first kappa shape index (κ1) is 99.5. The van der Waals surface area contributed by atoms with E-state index in [1.54, 1.807) is 6.92 Å². The van der Waals surface area contributed by atoms with Crippen LogP contribution in [0.2, 0.25) is 0 Å². The lowest BCUT2D eigenvalue weighted by Gasteiger charge is -2.28. The van der Waals surface area contributed by atoms with E-state index in [1.165, 1.54) is 18.7 Å². The summed E-state index contributed by atoms with van der Waals surface area (Å²) < 4.78 is 0. The minimum atomic E-state index is -1.61. The molecule has 0 fully saturated rings. The molecule has 50 heteroatoms. The molecule has 48 nitrogen and oxygen atoms in total. The van der Waals surface area contributed by atoms with Crippen molar-refractivity contribution in [3.05, 3.63) is 0 Å². The van der Waals surface area contributed by atoms with Crippen LogP contribution >= 0.6 is 24.4 Å². The highest BCUT2D eigenvalue weighted by Crippen LogP contribution is 2.13. The Hall–Kier alpha value is -11.5. The normalized spacial score (nSPS) is 13.6. The van der Waals surface area contributed by atoms with Gasteiger partial charge in [0.2, 0.25) is 70.9 Å². The molecule has 0 bridgehead atoms. The summed E-state index contributed by atoms with van der Waals surface area (Å²) in [5.41, 5.74) is 94.8. The van der Waals surface area contributed by atoms with Crippen LogP contribution in [0.15, 0.2) is 39.9 Å². The summed E-state index contributed by atoms with van der Waals surface area (Å²) >= 11 is 5.53. The molecule has 0 rings (SSSR count). The van der Waals surface area contributed by atoms with Gasteiger partial charge in [-0.15, -0.1) is 0 Å². The van der Waals surface area contributed by atoms with Crippen molar-refractivity contribution >= 4 is 143 Å². The topological polar surface area (TPSA) is 878 Å². The Morgan fingerprint density at radius 3 is 0.667 bits per heavy atom. The predicted octanol–water partition coefficient (Wildman–Crippen LogP) is -13.2. The fourth-order valence-corrected chi connectivity index (χ4v) is 10.8. The van der Waals surface area contributed by atoms with Crippen LogP contribution in [0.3, 0.4) is 0 Å². The fourth-order valence-electron chi connectivity index (χ4n) is 9.88. The van der Waals surface area contributed by atoms with Crippen molar-refractivity contribution in [2.24, 2.45) is 143 Å². The number of thioether (sulfide) groups is 1. The van der Waals surface area contributed by atoms with Crippen LogP contribution in [-0.4, -0.2) is 256 Å². The average Bonchev–Trinajstić information content (AvgIpc) is 0.861. The van der Waals surface area contributed by atoms with Gasteiger partial charge in [0, 0.05) is 69.8 Å². The largest absolute Gasteiger partial charge is 0.370 e. The molecule has 0 aliphatic carbocycles. The molecule has 0 aromatic carbocycles. The predicted molar refractivity (Wildman–Crippen MR) is 428 cm³/mol. The molecule has 0 saturated heterocycles. The second-order valence-corrected chi connectivity index (χ2v) is 26.4. The Morgan fingerprint density at radius 2 is 0.486 bits per heavy atom. The van der Waals surface area contributed by atoms with Gasteiger partial charge in [-0.1, -0.05) is 6.92 Å². The molecule has 12 amide bonds. The lowest BCUT2D eigenvalue weighted by atomic mass is 10.0. The number of nitrogens with two attached hydrogens (primary N) is 17. The van der Waals surface area contributed by atoms with Crippen LogP contribution in [0.25, 0.3) is 0 Å². The van der Waals surface area contributed by atoms with E-state index in [4.69, 9.17) is 97.5 Å². The Labute approximate surface area is 653 Å². The monoisotopic (exact) mass is 1610 g/mol. The fraction of sp³-hybridized carbons (Fsp3) is 0.672. The highest BCUT2D eigenvalue weighted by molar-refractivity contribution is 7.98. The van der Waals surface area contributed by atoms with Crippen molar-refractivity contribution in [2.75, 3.05) is 76.7 Å². The summed E-state index contributed by atoms with van der Waals surface area (Å²) in [6.45, 7) is 1.95. The van der Waals surface area contributed by atoms with Gasteiger partial charge in [-0.05, 0) is 116 Å². The van der Waals surface area contributed by atoms with Gasteiger partial charge in [-0.25, -0.2) is 0 Å². The third-order valence-electron chi connectivity index (χ3n) is 15.5. The van der Waals surface area contributed by atoms with Gasteiger partial charge in [0.1, 0.15) is 60.4 Å². The molecule has 111 heavy (non-hydrogen) atoms. The number of guanidine groups is 8. The van der Waals surface area contributed by atoms with Crippen LogP contribution in [0, 0.1) is 5.92 Å². The number of thiol groups is 1. The number of rotatable bonds is 58. The zero-order valence-electron chi connectivity index (χ0n) is 63.1. The molecular formula is C61H120N36O12S2. The van der Waals surface area contributed by atoms with Crippen LogP contribution in [0.1, 0.15) is 117 Å². The van der Waals surface area contributed by atoms with Gasteiger partial charge in [0.15, 0.2) is 47.7 Å². The van der Waals surface area contributed by atoms with E-state index in [2.05, 4.69) is 111 Å². The summed E-state index contributed by atoms with van der Waals surface area (Å²) in [5, 5.41) is 28.4. The first-order valence-corrected chi connectivity index (χ1v) is 37.5. The third kappa shape index (κ3) is 47.8. The molecule has 0 aromatic rings. The van der Waals surface area contributed by atoms with E-state index in [9.17, 15) is 57.5 Å². The Kier molecular flexibility index (Phi) is 50.8. The molecule has 0 aromatic heterocycles. The van der Waals surface area contributed by atoms with Gasteiger partial charge in [-0.2, -0.15) is 24.4 Å². The Balaban J connectivity index is 7.92. The van der Waals surface area contributed by atoms with Gasteiger partial charge in [-0.3, -0.25) is 97.5 Å². The van der Waals surface area contributed by atoms with E-state index in [0.29, 0.717) is 5.75 Å². The van der Waals surface area contributed by atoms with Crippen LogP contribution < -0.4 is 156 Å². The van der Waals surface area contributed by atoms with Crippen LogP contribution in [-0.2, 0) is 57.5 Å². The molecule has 0 radical (unpaired) electrons. The summed E-state index contributed by atoms with van der Waals surface area (Å²) in [7, 11) is 0. The van der Waals surface area contributed by atoms with E-state index >= 15 is 0 Å². The van der Waals surface area contributed by atoms with E-state index in [-0.39, 0.29) is 209 Å². The number of carbonyl (C=O) groups is 12. The van der Waals surface area contributed by atoms with Crippen molar-refractivity contribution < 1.29 is 57.5 Å². The molecule has 628 valence electrons. The number of hydrogen-bond acceptors (Lipinski definition) is 22. The first-order chi connectivity index (χ1) is 52.3. The smallest absolute Gasteiger partial charge is 0.243 e. The van der Waals surface area contributed by atoms with Gasteiger partial charge < -0.3 is 156 Å². The lowest BCUT2D eigenvalue weighted by molar-refractivity contribution is -0.136. The number of primary amides is 1. The zero-order chi connectivity index (χ0) is 84.1. The minimum Gasteiger partial charge on any atom is -0.370 e. The number of carbonyl (C=O) groups excluding carboxylic acids is 12. The van der Waals surface area contributed by atoms with Crippen molar-refractivity contribution in [2.45, 2.75) is 177 Å². The number of hydrogen-bond donors (Lipinski definition) is 29. The van der Waals surface area contributed by atoms with E-state index < -0.39 is 144 Å². The molecule has 11 atom stereocenters. The molecule has 0 aliphatic heterocycles. The maximum atomic E-state index is 14.9. The standard InChI is InChI=1S/C61H120N36O12S2/c1-31(30-111-3)44(100)88-32(2)45(101)87-28-42(98)89-33(12-4-20-79-54(63)64)46(102)90-34(13-5-21-80-55(65)66)47(103)91-35(14-6-22-81-56(67)68)48(104)92-36(15-7-23-82-57(69)70)49(105)93-37(16-8-24-83-58(71)72)50(106)94-38(17-9-25-84-59(73)74)51(107)95-39(18-10-26-85-60(75)76)52(108)96-40(19-11-27-86-61(77)78)53(109)97-41(29-110)43(62)99/h31-41,110H,4-30H2,1-3H3,(H2,62,99)(H,87,101)(H,88,100)(H,89,98)(H,90,102)(H,91,103)(H,92,104)(H,93,105)(H,94,106)(H,95,107)(H,96,108)(H,97,109)(H4,63,64,79)(H4,65,66,80)(H4,67,68,81)(H4,69,70,82)(H4,71,72,83)(H4,73,74,84)(H4,75,76,85)(H4,77,78,86)/t31-,32-,33+,34+,35+,36+,37+,38+,39+,40+,41+/m0/s1. The number of nitrogens with zero attached hydrogens (tertiary/aromatic N) is 8. The molecule has 0 unspecified atom stereocenters. The van der Waals surface area contributed by atoms with Gasteiger partial charge in [0.05, 0.1) is 6.54 Å². The second kappa shape index (κ2) is 56.7. The average molecular weight is 1610 g/mol. The SMILES string of the molecule is CSC[C@H](C)C(=O)N[C@@H](C)C(=O)NCC(=O)N[C@H](CCCN=C(N)N)C(=O)N[C@H](CCCN=C(N)N)C(=O)N[C@H](CCCN=C(N)N)C(=O)N[C@H](CCCN=C(N)N)C(=O)N[C@H](CCCN=C(N)N)C(=O)N[C@H](CCCN=C(N)N)C(=O)N[C@H](CCCN=C(N)N)C(=O)N[C@H](CCCN=C(N)N)C(=O)N[C@H](CS)C(N)=O. The van der Waals surface area contributed by atoms with Crippen molar-refractivity contribution in [3.63, 3.8) is 0 Å². The molecule has 0 heterocycles. The Bertz CT molecular complexity index is 3240. The van der Waals surface area contributed by atoms with Gasteiger partial charge in [0.25, 0.3) is 0 Å². The molecule has 0 aliphatic rings. The van der Waals surface area contributed by atoms with Crippen molar-refractivity contribution in [3.8, 4) is 0 Å². The quantitative estimate of drug-likeness (QED) is 0.0116.